The van der Waals surface area contributed by atoms with Gasteiger partial charge in [0.1, 0.15) is 16.5 Å². The second-order valence-electron chi connectivity index (χ2n) is 4.39. The summed E-state index contributed by atoms with van der Waals surface area (Å²) < 4.78 is 15.6. The molecule has 0 aliphatic rings. The number of methoxy groups -OCH3 is 1. The molecule has 0 aliphatic heterocycles. The average molecular weight is 377 g/mol. The number of halogens is 3. The molecule has 1 unspecified atom stereocenters. The fourth-order valence-electron chi connectivity index (χ4n) is 1.63. The molecular formula is C15H12Cl3NO4. The minimum atomic E-state index is -0.819. The van der Waals surface area contributed by atoms with Gasteiger partial charge in [-0.3, -0.25) is 0 Å². The molecule has 0 amide bonds. The van der Waals surface area contributed by atoms with E-state index in [0.717, 1.165) is 0 Å². The lowest BCUT2D eigenvalue weighted by Gasteiger charge is -2.15. The zero-order valence-corrected chi connectivity index (χ0v) is 14.4. The highest BCUT2D eigenvalue weighted by Crippen LogP contribution is 2.35. The molecule has 1 heterocycles. The van der Waals surface area contributed by atoms with Crippen molar-refractivity contribution in [2.24, 2.45) is 0 Å². The van der Waals surface area contributed by atoms with Crippen LogP contribution in [0.3, 0.4) is 0 Å². The van der Waals surface area contributed by atoms with Crippen molar-refractivity contribution < 1.29 is 19.0 Å². The van der Waals surface area contributed by atoms with Crippen LogP contribution in [0.15, 0.2) is 30.5 Å². The number of hydrogen-bond donors (Lipinski definition) is 0. The summed E-state index contributed by atoms with van der Waals surface area (Å²) in [6.07, 6.45) is 0.650. The fourth-order valence-corrected chi connectivity index (χ4v) is 2.08. The molecule has 0 aliphatic carbocycles. The number of aromatic nitrogens is 1. The average Bonchev–Trinajstić information content (AvgIpc) is 2.54. The van der Waals surface area contributed by atoms with Gasteiger partial charge in [-0.15, -0.1) is 0 Å². The van der Waals surface area contributed by atoms with E-state index in [1.807, 2.05) is 0 Å². The van der Waals surface area contributed by atoms with Crippen molar-refractivity contribution in [2.45, 2.75) is 13.0 Å². The molecule has 0 bridgehead atoms. The van der Waals surface area contributed by atoms with E-state index in [0.29, 0.717) is 15.8 Å². The van der Waals surface area contributed by atoms with Crippen molar-refractivity contribution >= 4 is 40.8 Å². The summed E-state index contributed by atoms with van der Waals surface area (Å²) >= 11 is 18.0. The topological polar surface area (TPSA) is 57.7 Å². The Morgan fingerprint density at radius 3 is 2.61 bits per heavy atom. The lowest BCUT2D eigenvalue weighted by molar-refractivity contribution is -0.147. The molecular weight excluding hydrogens is 365 g/mol. The Hall–Kier alpha value is -1.69. The van der Waals surface area contributed by atoms with Crippen molar-refractivity contribution in [3.05, 3.63) is 45.5 Å². The second-order valence-corrected chi connectivity index (χ2v) is 5.58. The van der Waals surface area contributed by atoms with Gasteiger partial charge < -0.3 is 14.2 Å². The summed E-state index contributed by atoms with van der Waals surface area (Å²) in [4.78, 5) is 15.4. The van der Waals surface area contributed by atoms with Crippen molar-refractivity contribution in [1.29, 1.82) is 0 Å². The Labute approximate surface area is 148 Å². The monoisotopic (exact) mass is 375 g/mol. The van der Waals surface area contributed by atoms with E-state index in [1.54, 1.807) is 25.1 Å². The third-order valence-corrected chi connectivity index (χ3v) is 3.85. The van der Waals surface area contributed by atoms with Gasteiger partial charge in [-0.25, -0.2) is 9.78 Å². The first-order valence-corrected chi connectivity index (χ1v) is 7.57. The molecule has 8 heteroatoms. The molecule has 122 valence electrons. The Morgan fingerprint density at radius 1 is 1.17 bits per heavy atom. The fraction of sp³-hybridized carbons (Fsp3) is 0.200. The van der Waals surface area contributed by atoms with Crippen molar-refractivity contribution in [2.75, 3.05) is 7.11 Å². The van der Waals surface area contributed by atoms with Gasteiger partial charge >= 0.3 is 5.97 Å². The van der Waals surface area contributed by atoms with E-state index in [2.05, 4.69) is 9.72 Å². The standard InChI is InChI=1S/C15H12Cl3NO4/c1-8(15(20)21-2)22-12-7-9(3-4-10(12)16)23-14-13(18)11(17)5-6-19-14/h3-8H,1-2H3. The first-order valence-electron chi connectivity index (χ1n) is 6.44. The third-order valence-electron chi connectivity index (χ3n) is 2.76. The molecule has 0 saturated carbocycles. The molecule has 1 aromatic heterocycles. The van der Waals surface area contributed by atoms with Gasteiger partial charge in [0.2, 0.25) is 5.88 Å². The Bertz CT molecular complexity index is 724. The largest absolute Gasteiger partial charge is 0.477 e. The highest BCUT2D eigenvalue weighted by molar-refractivity contribution is 6.42. The maximum atomic E-state index is 11.4. The van der Waals surface area contributed by atoms with Gasteiger partial charge in [-0.1, -0.05) is 34.8 Å². The van der Waals surface area contributed by atoms with Crippen LogP contribution in [-0.4, -0.2) is 24.2 Å². The van der Waals surface area contributed by atoms with E-state index in [-0.39, 0.29) is 16.7 Å². The molecule has 0 saturated heterocycles. The van der Waals surface area contributed by atoms with Crippen LogP contribution in [0.5, 0.6) is 17.4 Å². The van der Waals surface area contributed by atoms with Crippen LogP contribution >= 0.6 is 34.8 Å². The predicted octanol–water partition coefficient (Wildman–Crippen LogP) is 4.77. The first-order chi connectivity index (χ1) is 10.9. The van der Waals surface area contributed by atoms with Gasteiger partial charge in [0.05, 0.1) is 17.2 Å². The molecule has 0 radical (unpaired) electrons. The molecule has 0 spiro atoms. The zero-order valence-electron chi connectivity index (χ0n) is 12.2. The number of pyridine rings is 1. The summed E-state index contributed by atoms with van der Waals surface area (Å²) in [5.41, 5.74) is 0. The highest BCUT2D eigenvalue weighted by atomic mass is 35.5. The van der Waals surface area contributed by atoms with Crippen molar-refractivity contribution in [1.82, 2.24) is 4.98 Å². The van der Waals surface area contributed by atoms with Gasteiger partial charge in [-0.05, 0) is 25.1 Å². The smallest absolute Gasteiger partial charge is 0.346 e. The van der Waals surface area contributed by atoms with Crippen LogP contribution in [0, 0.1) is 0 Å². The SMILES string of the molecule is COC(=O)C(C)Oc1cc(Oc2nccc(Cl)c2Cl)ccc1Cl. The van der Waals surface area contributed by atoms with Crippen LogP contribution < -0.4 is 9.47 Å². The van der Waals surface area contributed by atoms with Crippen LogP contribution in [-0.2, 0) is 9.53 Å². The van der Waals surface area contributed by atoms with Crippen molar-refractivity contribution in [3.8, 4) is 17.4 Å². The van der Waals surface area contributed by atoms with Gasteiger partial charge in [0.25, 0.3) is 0 Å². The van der Waals surface area contributed by atoms with E-state index in [9.17, 15) is 4.79 Å². The number of nitrogens with zero attached hydrogens (tertiary/aromatic N) is 1. The van der Waals surface area contributed by atoms with Crippen LogP contribution in [0.1, 0.15) is 6.92 Å². The third kappa shape index (κ3) is 4.41. The molecule has 23 heavy (non-hydrogen) atoms. The maximum absolute atomic E-state index is 11.4. The van der Waals surface area contributed by atoms with E-state index in [1.165, 1.54) is 19.4 Å². The Kier molecular flexibility index (Phi) is 5.93. The quantitative estimate of drug-likeness (QED) is 0.703. The number of ether oxygens (including phenoxy) is 3. The van der Waals surface area contributed by atoms with Crippen LogP contribution in [0.2, 0.25) is 15.1 Å². The molecule has 5 nitrogen and oxygen atoms in total. The Morgan fingerprint density at radius 2 is 1.91 bits per heavy atom. The number of hydrogen-bond acceptors (Lipinski definition) is 5. The van der Waals surface area contributed by atoms with Gasteiger partial charge in [0.15, 0.2) is 6.10 Å². The first kappa shape index (κ1) is 17.7. The Balaban J connectivity index is 2.23. The van der Waals surface area contributed by atoms with E-state index < -0.39 is 12.1 Å². The van der Waals surface area contributed by atoms with E-state index >= 15 is 0 Å². The zero-order chi connectivity index (χ0) is 17.0. The minimum absolute atomic E-state index is 0.147. The van der Waals surface area contributed by atoms with Gasteiger partial charge in [0, 0.05) is 12.3 Å². The summed E-state index contributed by atoms with van der Waals surface area (Å²) in [5.74, 6) is 0.263. The molecule has 0 N–H and O–H groups in total. The summed E-state index contributed by atoms with van der Waals surface area (Å²) in [6, 6.07) is 6.23. The van der Waals surface area contributed by atoms with Crippen LogP contribution in [0.4, 0.5) is 0 Å². The van der Waals surface area contributed by atoms with Crippen molar-refractivity contribution in [3.63, 3.8) is 0 Å². The lowest BCUT2D eigenvalue weighted by atomic mass is 10.3. The summed E-state index contributed by atoms with van der Waals surface area (Å²) in [6.45, 7) is 1.55. The molecule has 1 aromatic carbocycles. The number of rotatable bonds is 5. The van der Waals surface area contributed by atoms with Gasteiger partial charge in [-0.2, -0.15) is 0 Å². The molecule has 2 aromatic rings. The highest BCUT2D eigenvalue weighted by Gasteiger charge is 2.17. The summed E-state index contributed by atoms with van der Waals surface area (Å²) in [7, 11) is 1.27. The molecule has 1 atom stereocenters. The predicted molar refractivity (Wildman–Crippen MR) is 87.9 cm³/mol. The summed E-state index contributed by atoms with van der Waals surface area (Å²) in [5, 5.41) is 0.828. The second kappa shape index (κ2) is 7.73. The van der Waals surface area contributed by atoms with Crippen LogP contribution in [0.25, 0.3) is 0 Å². The number of carbonyl (C=O) groups excluding carboxylic acids is 1. The number of esters is 1. The number of carbonyl (C=O) groups is 1. The number of benzene rings is 1. The van der Waals surface area contributed by atoms with E-state index in [4.69, 9.17) is 44.3 Å². The molecule has 0 fully saturated rings. The normalized spacial score (nSPS) is 11.7. The maximum Gasteiger partial charge on any atom is 0.346 e. The lowest BCUT2D eigenvalue weighted by Crippen LogP contribution is -2.25. The molecule has 2 rings (SSSR count). The minimum Gasteiger partial charge on any atom is -0.477 e.